The van der Waals surface area contributed by atoms with Crippen LogP contribution < -0.4 is 5.32 Å². The maximum Gasteiger partial charge on any atom is 0.0964 e. The first-order valence-corrected chi connectivity index (χ1v) is 4.45. The van der Waals surface area contributed by atoms with Gasteiger partial charge in [-0.2, -0.15) is 0 Å². The Labute approximate surface area is 76.8 Å². The number of aryl methyl sites for hydroxylation is 1. The van der Waals surface area contributed by atoms with E-state index in [9.17, 15) is 0 Å². The molecule has 72 valence electrons. The molecule has 0 unspecified atom stereocenters. The molecule has 1 heterocycles. The van der Waals surface area contributed by atoms with Gasteiger partial charge in [0, 0.05) is 25.3 Å². The molecule has 1 saturated carbocycles. The standard InChI is InChI=1S/C8H14N4O/c1-12-5-7(10-11-12)4-9-8(6-13)2-3-8/h5,9,13H,2-4,6H2,1H3. The minimum Gasteiger partial charge on any atom is -0.394 e. The van der Waals surface area contributed by atoms with E-state index in [2.05, 4.69) is 15.6 Å². The van der Waals surface area contributed by atoms with Gasteiger partial charge in [0.1, 0.15) is 0 Å². The molecule has 0 spiro atoms. The molecule has 0 saturated heterocycles. The summed E-state index contributed by atoms with van der Waals surface area (Å²) in [5.74, 6) is 0. The van der Waals surface area contributed by atoms with E-state index in [1.807, 2.05) is 13.2 Å². The number of hydrogen-bond acceptors (Lipinski definition) is 4. The van der Waals surface area contributed by atoms with Crippen molar-refractivity contribution in [2.24, 2.45) is 7.05 Å². The summed E-state index contributed by atoms with van der Waals surface area (Å²) in [5, 5.41) is 20.1. The number of rotatable bonds is 4. The largest absolute Gasteiger partial charge is 0.394 e. The molecule has 0 atom stereocenters. The Morgan fingerprint density at radius 1 is 1.69 bits per heavy atom. The second-order valence-electron chi connectivity index (χ2n) is 3.68. The third kappa shape index (κ3) is 1.87. The molecule has 0 aromatic carbocycles. The Balaban J connectivity index is 1.86. The van der Waals surface area contributed by atoms with E-state index in [0.717, 1.165) is 18.5 Å². The number of aliphatic hydroxyl groups is 1. The van der Waals surface area contributed by atoms with E-state index < -0.39 is 0 Å². The molecular formula is C8H14N4O. The van der Waals surface area contributed by atoms with E-state index in [1.165, 1.54) is 0 Å². The van der Waals surface area contributed by atoms with Crippen LogP contribution in [0.4, 0.5) is 0 Å². The Morgan fingerprint density at radius 3 is 2.92 bits per heavy atom. The number of hydrogen-bond donors (Lipinski definition) is 2. The van der Waals surface area contributed by atoms with Crippen molar-refractivity contribution in [3.63, 3.8) is 0 Å². The second kappa shape index (κ2) is 3.08. The lowest BCUT2D eigenvalue weighted by Gasteiger charge is -2.11. The molecule has 1 aromatic rings. The smallest absolute Gasteiger partial charge is 0.0964 e. The lowest BCUT2D eigenvalue weighted by molar-refractivity contribution is 0.229. The molecule has 0 amide bonds. The van der Waals surface area contributed by atoms with Crippen LogP contribution in [0.5, 0.6) is 0 Å². The minimum atomic E-state index is -0.0163. The minimum absolute atomic E-state index is 0.0163. The zero-order valence-corrected chi connectivity index (χ0v) is 7.69. The van der Waals surface area contributed by atoms with Crippen molar-refractivity contribution in [2.45, 2.75) is 24.9 Å². The quantitative estimate of drug-likeness (QED) is 0.654. The van der Waals surface area contributed by atoms with Crippen molar-refractivity contribution in [1.29, 1.82) is 0 Å². The van der Waals surface area contributed by atoms with E-state index in [0.29, 0.717) is 6.54 Å². The summed E-state index contributed by atoms with van der Waals surface area (Å²) in [6, 6.07) is 0. The number of aromatic nitrogens is 3. The van der Waals surface area contributed by atoms with Crippen molar-refractivity contribution < 1.29 is 5.11 Å². The van der Waals surface area contributed by atoms with Crippen LogP contribution in [0.25, 0.3) is 0 Å². The predicted molar refractivity (Wildman–Crippen MR) is 46.9 cm³/mol. The highest BCUT2D eigenvalue weighted by molar-refractivity contribution is 5.03. The van der Waals surface area contributed by atoms with Gasteiger partial charge in [-0.25, -0.2) is 0 Å². The Hall–Kier alpha value is -0.940. The molecule has 1 fully saturated rings. The van der Waals surface area contributed by atoms with Gasteiger partial charge in [0.25, 0.3) is 0 Å². The molecule has 0 radical (unpaired) electrons. The molecule has 2 rings (SSSR count). The Kier molecular flexibility index (Phi) is 2.05. The average Bonchev–Trinajstić information content (AvgIpc) is 2.81. The van der Waals surface area contributed by atoms with E-state index in [4.69, 9.17) is 5.11 Å². The van der Waals surface area contributed by atoms with E-state index in [1.54, 1.807) is 4.68 Å². The lowest BCUT2D eigenvalue weighted by Crippen LogP contribution is -2.34. The summed E-state index contributed by atoms with van der Waals surface area (Å²) in [5.41, 5.74) is 0.902. The third-order valence-corrected chi connectivity index (χ3v) is 2.45. The number of nitrogens with zero attached hydrogens (tertiary/aromatic N) is 3. The van der Waals surface area contributed by atoms with Crippen molar-refractivity contribution in [3.8, 4) is 0 Å². The molecule has 1 aliphatic carbocycles. The fourth-order valence-corrected chi connectivity index (χ4v) is 1.30. The topological polar surface area (TPSA) is 63.0 Å². The van der Waals surface area contributed by atoms with Crippen LogP contribution in [-0.2, 0) is 13.6 Å². The molecule has 13 heavy (non-hydrogen) atoms. The monoisotopic (exact) mass is 182 g/mol. The van der Waals surface area contributed by atoms with Crippen LogP contribution >= 0.6 is 0 Å². The van der Waals surface area contributed by atoms with Crippen LogP contribution in [-0.4, -0.2) is 32.2 Å². The van der Waals surface area contributed by atoms with Gasteiger partial charge in [-0.05, 0) is 12.8 Å². The van der Waals surface area contributed by atoms with Gasteiger partial charge in [0.05, 0.1) is 12.3 Å². The number of nitrogens with one attached hydrogen (secondary N) is 1. The van der Waals surface area contributed by atoms with Gasteiger partial charge < -0.3 is 10.4 Å². The van der Waals surface area contributed by atoms with Gasteiger partial charge in [-0.3, -0.25) is 4.68 Å². The first kappa shape index (κ1) is 8.65. The first-order chi connectivity index (χ1) is 6.24. The van der Waals surface area contributed by atoms with E-state index in [-0.39, 0.29) is 12.1 Å². The van der Waals surface area contributed by atoms with Crippen LogP contribution in [0.15, 0.2) is 6.20 Å². The predicted octanol–water partition coefficient (Wildman–Crippen LogP) is -0.570. The zero-order valence-electron chi connectivity index (χ0n) is 7.69. The highest BCUT2D eigenvalue weighted by Crippen LogP contribution is 2.34. The van der Waals surface area contributed by atoms with Gasteiger partial charge >= 0.3 is 0 Å². The van der Waals surface area contributed by atoms with Crippen LogP contribution in [0.2, 0.25) is 0 Å². The molecule has 1 aliphatic rings. The highest BCUT2D eigenvalue weighted by atomic mass is 16.3. The van der Waals surface area contributed by atoms with Crippen LogP contribution in [0, 0.1) is 0 Å². The molecule has 1 aromatic heterocycles. The average molecular weight is 182 g/mol. The fourth-order valence-electron chi connectivity index (χ4n) is 1.30. The summed E-state index contributed by atoms with van der Waals surface area (Å²) in [7, 11) is 1.84. The lowest BCUT2D eigenvalue weighted by atomic mass is 10.3. The Bertz CT molecular complexity index is 292. The molecule has 5 nitrogen and oxygen atoms in total. The Morgan fingerprint density at radius 2 is 2.46 bits per heavy atom. The zero-order chi connectivity index (χ0) is 9.31. The SMILES string of the molecule is Cn1cc(CNC2(CO)CC2)nn1. The van der Waals surface area contributed by atoms with Crippen molar-refractivity contribution in [2.75, 3.05) is 6.61 Å². The van der Waals surface area contributed by atoms with Crippen molar-refractivity contribution in [1.82, 2.24) is 20.3 Å². The number of aliphatic hydroxyl groups excluding tert-OH is 1. The van der Waals surface area contributed by atoms with Gasteiger partial charge in [0.2, 0.25) is 0 Å². The summed E-state index contributed by atoms with van der Waals surface area (Å²) in [6.07, 6.45) is 3.99. The highest BCUT2D eigenvalue weighted by Gasteiger charge is 2.41. The van der Waals surface area contributed by atoms with Gasteiger partial charge in [0.15, 0.2) is 0 Å². The van der Waals surface area contributed by atoms with Gasteiger partial charge in [-0.15, -0.1) is 5.10 Å². The normalized spacial score (nSPS) is 18.9. The molecule has 0 bridgehead atoms. The molecule has 5 heteroatoms. The van der Waals surface area contributed by atoms with Gasteiger partial charge in [-0.1, -0.05) is 5.21 Å². The molecule has 2 N–H and O–H groups in total. The van der Waals surface area contributed by atoms with Crippen molar-refractivity contribution in [3.05, 3.63) is 11.9 Å². The summed E-state index contributed by atoms with van der Waals surface area (Å²) >= 11 is 0. The van der Waals surface area contributed by atoms with E-state index >= 15 is 0 Å². The molecule has 0 aliphatic heterocycles. The maximum atomic E-state index is 9.04. The fraction of sp³-hybridized carbons (Fsp3) is 0.750. The summed E-state index contributed by atoms with van der Waals surface area (Å²) in [4.78, 5) is 0. The van der Waals surface area contributed by atoms with Crippen LogP contribution in [0.3, 0.4) is 0 Å². The summed E-state index contributed by atoms with van der Waals surface area (Å²) < 4.78 is 1.68. The third-order valence-electron chi connectivity index (χ3n) is 2.45. The summed E-state index contributed by atoms with van der Waals surface area (Å²) in [6.45, 7) is 0.904. The maximum absolute atomic E-state index is 9.04. The first-order valence-electron chi connectivity index (χ1n) is 4.45. The van der Waals surface area contributed by atoms with Crippen LogP contribution in [0.1, 0.15) is 18.5 Å². The second-order valence-corrected chi connectivity index (χ2v) is 3.68. The molecular weight excluding hydrogens is 168 g/mol. The van der Waals surface area contributed by atoms with Crippen molar-refractivity contribution >= 4 is 0 Å².